The van der Waals surface area contributed by atoms with Crippen molar-refractivity contribution in [1.29, 1.82) is 0 Å². The molecule has 0 atom stereocenters. The lowest BCUT2D eigenvalue weighted by Crippen LogP contribution is -2.46. The number of nitrogens with zero attached hydrogens (tertiary/aromatic N) is 2. The summed E-state index contributed by atoms with van der Waals surface area (Å²) in [5, 5.41) is 2.71. The molecule has 1 aliphatic rings. The maximum absolute atomic E-state index is 11.5. The maximum atomic E-state index is 11.5. The Kier molecular flexibility index (Phi) is 9.66. The molecule has 2 amide bonds. The quantitative estimate of drug-likeness (QED) is 0.329. The smallest absolute Gasteiger partial charge is 0.316 e. The third-order valence-corrected chi connectivity index (χ3v) is 6.78. The van der Waals surface area contributed by atoms with E-state index in [1.165, 1.54) is 17.7 Å². The number of urea groups is 1. The van der Waals surface area contributed by atoms with Gasteiger partial charge in [0.15, 0.2) is 0 Å². The van der Waals surface area contributed by atoms with E-state index in [0.717, 1.165) is 63.3 Å². The molecule has 3 N–H and O–H groups in total. The Bertz CT molecular complexity index is 1130. The minimum atomic E-state index is -0.590. The van der Waals surface area contributed by atoms with Gasteiger partial charge in [-0.2, -0.15) is 0 Å². The lowest BCUT2D eigenvalue weighted by Gasteiger charge is -2.36. The molecule has 1 heterocycles. The topological polar surface area (TPSA) is 80.1 Å². The van der Waals surface area contributed by atoms with Gasteiger partial charge in [0.1, 0.15) is 18.1 Å². The van der Waals surface area contributed by atoms with Gasteiger partial charge >= 0.3 is 6.03 Å². The molecule has 4 rings (SSSR count). The van der Waals surface area contributed by atoms with Gasteiger partial charge in [0.05, 0.1) is 18.5 Å². The second kappa shape index (κ2) is 13.6. The van der Waals surface area contributed by atoms with Crippen LogP contribution < -0.4 is 25.4 Å². The largest absolute Gasteiger partial charge is 0.495 e. The molecule has 1 fully saturated rings. The van der Waals surface area contributed by atoms with Gasteiger partial charge in [-0.25, -0.2) is 4.79 Å². The van der Waals surface area contributed by atoms with E-state index in [1.807, 2.05) is 54.6 Å². The second-order valence-corrected chi connectivity index (χ2v) is 9.41. The first-order valence-corrected chi connectivity index (χ1v) is 13.1. The Hall–Kier alpha value is -3.71. The fraction of sp³-hybridized carbons (Fsp3) is 0.367. The predicted molar refractivity (Wildman–Crippen MR) is 150 cm³/mol. The number of benzene rings is 3. The molecule has 0 bridgehead atoms. The summed E-state index contributed by atoms with van der Waals surface area (Å²) in [6, 6.07) is 23.6. The number of amides is 2. The summed E-state index contributed by atoms with van der Waals surface area (Å²) in [6.07, 6.45) is 4.40. The summed E-state index contributed by atoms with van der Waals surface area (Å²) in [5.74, 6) is 1.57. The van der Waals surface area contributed by atoms with Crippen LogP contribution in [0.4, 0.5) is 16.2 Å². The average Bonchev–Trinajstić information content (AvgIpc) is 2.93. The number of carbonyl (C=O) groups excluding carboxylic acids is 1. The highest BCUT2D eigenvalue weighted by molar-refractivity contribution is 5.89. The molecular formula is C30H38N4O3. The molecule has 196 valence electrons. The molecule has 0 spiro atoms. The van der Waals surface area contributed by atoms with Crippen LogP contribution in [0.5, 0.6) is 11.5 Å². The van der Waals surface area contributed by atoms with Gasteiger partial charge in [0, 0.05) is 26.2 Å². The number of ether oxygens (including phenoxy) is 2. The fourth-order valence-corrected chi connectivity index (χ4v) is 4.77. The summed E-state index contributed by atoms with van der Waals surface area (Å²) in [6.45, 7) is 5.75. The van der Waals surface area contributed by atoms with Gasteiger partial charge < -0.3 is 25.4 Å². The number of nitrogens with two attached hydrogens (primary N) is 1. The third-order valence-electron chi connectivity index (χ3n) is 6.78. The molecule has 0 aromatic heterocycles. The van der Waals surface area contributed by atoms with E-state index >= 15 is 0 Å². The van der Waals surface area contributed by atoms with Crippen LogP contribution >= 0.6 is 0 Å². The van der Waals surface area contributed by atoms with Crippen LogP contribution in [0, 0.1) is 0 Å². The zero-order chi connectivity index (χ0) is 25.9. The van der Waals surface area contributed by atoms with Gasteiger partial charge in [0.25, 0.3) is 0 Å². The normalized spacial score (nSPS) is 13.8. The van der Waals surface area contributed by atoms with E-state index in [9.17, 15) is 4.79 Å². The number of primary amides is 1. The second-order valence-electron chi connectivity index (χ2n) is 9.41. The van der Waals surface area contributed by atoms with E-state index in [1.54, 1.807) is 7.11 Å². The number of nitrogens with one attached hydrogen (secondary N) is 1. The van der Waals surface area contributed by atoms with E-state index in [2.05, 4.69) is 33.3 Å². The van der Waals surface area contributed by atoms with Crippen LogP contribution in [0.1, 0.15) is 30.4 Å². The molecule has 7 heteroatoms. The minimum Gasteiger partial charge on any atom is -0.495 e. The van der Waals surface area contributed by atoms with Crippen molar-refractivity contribution in [1.82, 2.24) is 4.90 Å². The zero-order valence-electron chi connectivity index (χ0n) is 21.7. The van der Waals surface area contributed by atoms with Crippen molar-refractivity contribution < 1.29 is 14.3 Å². The van der Waals surface area contributed by atoms with E-state index in [-0.39, 0.29) is 0 Å². The van der Waals surface area contributed by atoms with Crippen molar-refractivity contribution in [3.8, 4) is 11.5 Å². The van der Waals surface area contributed by atoms with Crippen molar-refractivity contribution >= 4 is 17.4 Å². The first kappa shape index (κ1) is 26.4. The van der Waals surface area contributed by atoms with E-state index in [0.29, 0.717) is 18.0 Å². The zero-order valence-corrected chi connectivity index (χ0v) is 21.7. The molecule has 7 nitrogen and oxygen atoms in total. The highest BCUT2D eigenvalue weighted by Gasteiger charge is 2.19. The summed E-state index contributed by atoms with van der Waals surface area (Å²) < 4.78 is 11.5. The molecule has 0 saturated carbocycles. The van der Waals surface area contributed by atoms with Gasteiger partial charge in [-0.1, -0.05) is 55.0 Å². The van der Waals surface area contributed by atoms with Crippen molar-refractivity contribution in [3.63, 3.8) is 0 Å². The lowest BCUT2D eigenvalue weighted by molar-refractivity contribution is 0.251. The predicted octanol–water partition coefficient (Wildman–Crippen LogP) is 5.30. The summed E-state index contributed by atoms with van der Waals surface area (Å²) >= 11 is 0. The van der Waals surface area contributed by atoms with Crippen molar-refractivity contribution in [2.24, 2.45) is 5.73 Å². The molecule has 1 aliphatic heterocycles. The number of piperazine rings is 1. The number of hydrogen-bond acceptors (Lipinski definition) is 5. The van der Waals surface area contributed by atoms with Gasteiger partial charge in [-0.05, 0) is 61.2 Å². The third kappa shape index (κ3) is 7.89. The monoisotopic (exact) mass is 502 g/mol. The number of unbranched alkanes of at least 4 members (excludes halogenated alkanes) is 2. The van der Waals surface area contributed by atoms with E-state index in [4.69, 9.17) is 15.2 Å². The summed E-state index contributed by atoms with van der Waals surface area (Å²) in [4.78, 5) is 16.5. The van der Waals surface area contributed by atoms with Crippen molar-refractivity contribution in [2.45, 2.75) is 32.3 Å². The number of rotatable bonds is 12. The molecule has 0 radical (unpaired) electrons. The summed E-state index contributed by atoms with van der Waals surface area (Å²) in [7, 11) is 1.73. The van der Waals surface area contributed by atoms with Crippen LogP contribution in [0.25, 0.3) is 0 Å². The first-order chi connectivity index (χ1) is 18.1. The molecule has 0 unspecified atom stereocenters. The highest BCUT2D eigenvalue weighted by atomic mass is 16.5. The fourth-order valence-electron chi connectivity index (χ4n) is 4.77. The van der Waals surface area contributed by atoms with Gasteiger partial charge in [-0.3, -0.25) is 4.90 Å². The van der Waals surface area contributed by atoms with Crippen LogP contribution in [-0.2, 0) is 13.0 Å². The lowest BCUT2D eigenvalue weighted by atomic mass is 10.1. The Balaban J connectivity index is 1.19. The Morgan fingerprint density at radius 1 is 0.865 bits per heavy atom. The highest BCUT2D eigenvalue weighted by Crippen LogP contribution is 2.29. The first-order valence-electron chi connectivity index (χ1n) is 13.1. The van der Waals surface area contributed by atoms with E-state index < -0.39 is 6.03 Å². The molecule has 0 aliphatic carbocycles. The number of methoxy groups -OCH3 is 1. The van der Waals surface area contributed by atoms with Gasteiger partial charge in [-0.15, -0.1) is 0 Å². The number of aryl methyl sites for hydroxylation is 1. The number of carbonyl (C=O) groups is 1. The van der Waals surface area contributed by atoms with Crippen LogP contribution in [0.15, 0.2) is 72.8 Å². The Morgan fingerprint density at radius 2 is 1.62 bits per heavy atom. The number of hydrogen-bond donors (Lipinski definition) is 2. The Morgan fingerprint density at radius 3 is 2.38 bits per heavy atom. The van der Waals surface area contributed by atoms with Crippen LogP contribution in [0.3, 0.4) is 0 Å². The SMILES string of the molecule is COc1ccccc1N1CCN(CCCCCc2ccc(OCc3ccccc3)c(NC(N)=O)c2)CC1. The molecular weight excluding hydrogens is 464 g/mol. The van der Waals surface area contributed by atoms with Crippen LogP contribution in [-0.4, -0.2) is 50.8 Å². The standard InChI is InChI=1S/C30H38N4O3/c1-36-29-14-8-7-13-27(29)34-20-18-33(19-21-34)17-9-3-6-10-24-15-16-28(26(22-24)32-30(31)35)37-23-25-11-4-2-5-12-25/h2,4-5,7-8,11-16,22H,3,6,9-10,17-21,23H2,1H3,(H3,31,32,35). The Labute approximate surface area is 220 Å². The van der Waals surface area contributed by atoms with Crippen molar-refractivity contribution in [3.05, 3.63) is 83.9 Å². The van der Waals surface area contributed by atoms with Crippen LogP contribution in [0.2, 0.25) is 0 Å². The summed E-state index contributed by atoms with van der Waals surface area (Å²) in [5.41, 5.74) is 9.44. The average molecular weight is 503 g/mol. The minimum absolute atomic E-state index is 0.431. The van der Waals surface area contributed by atoms with Gasteiger partial charge in [0.2, 0.25) is 0 Å². The molecule has 3 aromatic carbocycles. The van der Waals surface area contributed by atoms with Crippen molar-refractivity contribution in [2.75, 3.05) is 50.1 Å². The maximum Gasteiger partial charge on any atom is 0.316 e. The molecule has 3 aromatic rings. The number of anilines is 2. The molecule has 37 heavy (non-hydrogen) atoms. The number of para-hydroxylation sites is 2. The molecule has 1 saturated heterocycles.